The van der Waals surface area contributed by atoms with Gasteiger partial charge >= 0.3 is 12.1 Å². The molecule has 1 aliphatic rings. The van der Waals surface area contributed by atoms with Crippen LogP contribution in [-0.4, -0.2) is 77.5 Å². The summed E-state index contributed by atoms with van der Waals surface area (Å²) in [5.74, 6) is -0.488. The molecule has 31 heavy (non-hydrogen) atoms. The van der Waals surface area contributed by atoms with Crippen molar-refractivity contribution in [3.05, 3.63) is 35.9 Å². The maximum Gasteiger partial charge on any atom is 0.471 e. The third-order valence-corrected chi connectivity index (χ3v) is 5.06. The quantitative estimate of drug-likeness (QED) is 0.439. The normalized spacial score (nSPS) is 18.3. The number of aliphatic hydroxyl groups excluding tert-OH is 1. The van der Waals surface area contributed by atoms with E-state index in [1.165, 1.54) is 4.90 Å². The van der Waals surface area contributed by atoms with Crippen LogP contribution in [0.4, 0.5) is 13.2 Å². The van der Waals surface area contributed by atoms with Gasteiger partial charge in [-0.3, -0.25) is 9.59 Å². The summed E-state index contributed by atoms with van der Waals surface area (Å²) in [6.07, 6.45) is -0.450. The second-order valence-electron chi connectivity index (χ2n) is 7.24. The highest BCUT2D eigenvalue weighted by atomic mass is 19.4. The summed E-state index contributed by atoms with van der Waals surface area (Å²) < 4.78 is 44.3. The Morgan fingerprint density at radius 3 is 2.65 bits per heavy atom. The average Bonchev–Trinajstić information content (AvgIpc) is 3.21. The zero-order chi connectivity index (χ0) is 23.0. The van der Waals surface area contributed by atoms with Crippen molar-refractivity contribution in [3.8, 4) is 12.3 Å². The van der Waals surface area contributed by atoms with E-state index in [1.807, 2.05) is 0 Å². The van der Waals surface area contributed by atoms with Crippen LogP contribution in [0.2, 0.25) is 0 Å². The Bertz CT molecular complexity index is 782. The Labute approximate surface area is 178 Å². The van der Waals surface area contributed by atoms with Gasteiger partial charge in [0.2, 0.25) is 5.91 Å². The molecule has 0 unspecified atom stereocenters. The van der Waals surface area contributed by atoms with E-state index < -0.39 is 36.4 Å². The van der Waals surface area contributed by atoms with Crippen molar-refractivity contribution in [2.24, 2.45) is 5.73 Å². The zero-order valence-electron chi connectivity index (χ0n) is 16.9. The molecule has 0 aliphatic carbocycles. The highest BCUT2D eigenvalue weighted by molar-refractivity contribution is 5.83. The molecule has 1 fully saturated rings. The van der Waals surface area contributed by atoms with Gasteiger partial charge in [-0.2, -0.15) is 13.2 Å². The summed E-state index contributed by atoms with van der Waals surface area (Å²) in [4.78, 5) is 26.7. The molecule has 3 N–H and O–H groups in total. The predicted molar refractivity (Wildman–Crippen MR) is 106 cm³/mol. The van der Waals surface area contributed by atoms with Gasteiger partial charge < -0.3 is 25.4 Å². The number of nitrogens with zero attached hydrogens (tertiary/aromatic N) is 2. The number of nitrogens with two attached hydrogens (primary N) is 1. The number of terminal acetylenes is 1. The number of likely N-dealkylation sites (tertiary alicyclic amines) is 1. The van der Waals surface area contributed by atoms with Crippen molar-refractivity contribution in [1.82, 2.24) is 9.80 Å². The van der Waals surface area contributed by atoms with E-state index in [1.54, 1.807) is 30.3 Å². The zero-order valence-corrected chi connectivity index (χ0v) is 16.9. The number of rotatable bonds is 9. The SMILES string of the molecule is C#CCO[C@H](O)[C@H](N)C(=O)N1CCC[C@H]1CN(CCc1ccccc1)C(=O)C(F)(F)F. The molecule has 1 aliphatic heterocycles. The molecule has 1 saturated heterocycles. The highest BCUT2D eigenvalue weighted by Gasteiger charge is 2.44. The van der Waals surface area contributed by atoms with Gasteiger partial charge in [-0.15, -0.1) is 6.42 Å². The summed E-state index contributed by atoms with van der Waals surface area (Å²) in [5, 5.41) is 9.85. The minimum Gasteiger partial charge on any atom is -0.366 e. The largest absolute Gasteiger partial charge is 0.471 e. The molecule has 0 spiro atoms. The monoisotopic (exact) mass is 441 g/mol. The lowest BCUT2D eigenvalue weighted by atomic mass is 10.1. The molecule has 1 aromatic carbocycles. The lowest BCUT2D eigenvalue weighted by molar-refractivity contribution is -0.186. The van der Waals surface area contributed by atoms with E-state index in [0.717, 1.165) is 10.5 Å². The van der Waals surface area contributed by atoms with E-state index in [-0.39, 0.29) is 32.7 Å². The van der Waals surface area contributed by atoms with Gasteiger partial charge in [0.25, 0.3) is 0 Å². The summed E-state index contributed by atoms with van der Waals surface area (Å²) in [5.41, 5.74) is 6.53. The predicted octanol–water partition coefficient (Wildman–Crippen LogP) is 0.907. The Morgan fingerprint density at radius 2 is 2.03 bits per heavy atom. The Kier molecular flexibility index (Phi) is 8.86. The average molecular weight is 441 g/mol. The molecule has 10 heteroatoms. The smallest absolute Gasteiger partial charge is 0.366 e. The second kappa shape index (κ2) is 11.1. The van der Waals surface area contributed by atoms with Crippen molar-refractivity contribution in [2.75, 3.05) is 26.2 Å². The van der Waals surface area contributed by atoms with E-state index in [0.29, 0.717) is 12.8 Å². The van der Waals surface area contributed by atoms with Crippen molar-refractivity contribution in [2.45, 2.75) is 43.8 Å². The molecule has 1 aromatic rings. The number of halogens is 3. The van der Waals surface area contributed by atoms with Crippen LogP contribution in [0.5, 0.6) is 0 Å². The van der Waals surface area contributed by atoms with E-state index in [4.69, 9.17) is 16.9 Å². The number of benzene rings is 1. The molecule has 3 atom stereocenters. The summed E-state index contributed by atoms with van der Waals surface area (Å²) in [6, 6.07) is 6.74. The van der Waals surface area contributed by atoms with Gasteiger partial charge in [0, 0.05) is 25.7 Å². The van der Waals surface area contributed by atoms with Gasteiger partial charge in [-0.05, 0) is 24.8 Å². The molecule has 7 nitrogen and oxygen atoms in total. The molecule has 170 valence electrons. The maximum absolute atomic E-state index is 13.1. The first-order valence-electron chi connectivity index (χ1n) is 9.84. The first-order valence-corrected chi connectivity index (χ1v) is 9.84. The molecule has 0 saturated carbocycles. The fourth-order valence-corrected chi connectivity index (χ4v) is 3.48. The topological polar surface area (TPSA) is 96.1 Å². The summed E-state index contributed by atoms with van der Waals surface area (Å²) >= 11 is 0. The molecule has 0 radical (unpaired) electrons. The third kappa shape index (κ3) is 6.95. The third-order valence-electron chi connectivity index (χ3n) is 5.06. The molecule has 0 aromatic heterocycles. The van der Waals surface area contributed by atoms with Gasteiger partial charge in [0.15, 0.2) is 6.29 Å². The molecule has 2 amide bonds. The standard InChI is InChI=1S/C21H26F3N3O4/c1-2-13-31-19(29)17(25)18(28)27-11-6-9-16(27)14-26(20(30)21(22,23)24)12-10-15-7-4-3-5-8-15/h1,3-5,7-8,16-17,19,29H,6,9-14,25H2/t16-,17+,19-/m0/s1. The lowest BCUT2D eigenvalue weighted by Gasteiger charge is -2.33. The van der Waals surface area contributed by atoms with Crippen LogP contribution in [0.3, 0.4) is 0 Å². The van der Waals surface area contributed by atoms with E-state index in [2.05, 4.69) is 5.92 Å². The first kappa shape index (κ1) is 24.7. The number of alkyl halides is 3. The molecular formula is C21H26F3N3O4. The molecule has 2 rings (SSSR count). The van der Waals surface area contributed by atoms with Crippen LogP contribution >= 0.6 is 0 Å². The van der Waals surface area contributed by atoms with Crippen LogP contribution in [0, 0.1) is 12.3 Å². The molecular weight excluding hydrogens is 415 g/mol. The number of hydrogen-bond acceptors (Lipinski definition) is 5. The van der Waals surface area contributed by atoms with Gasteiger partial charge in [-0.1, -0.05) is 36.3 Å². The summed E-state index contributed by atoms with van der Waals surface area (Å²) in [7, 11) is 0. The molecule has 0 bridgehead atoms. The fraction of sp³-hybridized carbons (Fsp3) is 0.524. The van der Waals surface area contributed by atoms with Crippen molar-refractivity contribution in [3.63, 3.8) is 0 Å². The molecule has 1 heterocycles. The van der Waals surface area contributed by atoms with Gasteiger partial charge in [-0.25, -0.2) is 0 Å². The number of carbonyl (C=O) groups is 2. The van der Waals surface area contributed by atoms with Crippen molar-refractivity contribution < 1.29 is 32.6 Å². The second-order valence-corrected chi connectivity index (χ2v) is 7.24. The highest BCUT2D eigenvalue weighted by Crippen LogP contribution is 2.24. The van der Waals surface area contributed by atoms with Crippen LogP contribution in [-0.2, 0) is 20.7 Å². The van der Waals surface area contributed by atoms with Gasteiger partial charge in [0.05, 0.1) is 0 Å². The van der Waals surface area contributed by atoms with E-state index >= 15 is 0 Å². The minimum absolute atomic E-state index is 0.152. The van der Waals surface area contributed by atoms with Crippen molar-refractivity contribution >= 4 is 11.8 Å². The number of ether oxygens (including phenoxy) is 1. The van der Waals surface area contributed by atoms with E-state index in [9.17, 15) is 27.9 Å². The number of hydrogen-bond donors (Lipinski definition) is 2. The first-order chi connectivity index (χ1) is 14.6. The van der Waals surface area contributed by atoms with Crippen LogP contribution in [0.15, 0.2) is 30.3 Å². The van der Waals surface area contributed by atoms with Crippen molar-refractivity contribution in [1.29, 1.82) is 0 Å². The summed E-state index contributed by atoms with van der Waals surface area (Å²) in [6.45, 7) is -0.434. The number of amides is 2. The number of aliphatic hydroxyl groups is 1. The lowest BCUT2D eigenvalue weighted by Crippen LogP contribution is -2.55. The Hall–Kier alpha value is -2.61. The van der Waals surface area contributed by atoms with Gasteiger partial charge in [0.1, 0.15) is 12.6 Å². The maximum atomic E-state index is 13.1. The minimum atomic E-state index is -5.03. The Morgan fingerprint density at radius 1 is 1.35 bits per heavy atom. The van der Waals surface area contributed by atoms with Crippen LogP contribution < -0.4 is 5.73 Å². The number of carbonyl (C=O) groups excluding carboxylic acids is 2. The fourth-order valence-electron chi connectivity index (χ4n) is 3.48. The Balaban J connectivity index is 2.09. The van der Waals surface area contributed by atoms with Crippen LogP contribution in [0.25, 0.3) is 0 Å². The van der Waals surface area contributed by atoms with Crippen LogP contribution in [0.1, 0.15) is 18.4 Å².